The Morgan fingerprint density at radius 3 is 2.61 bits per heavy atom. The number of fused-ring (bicyclic) bond motifs is 2. The van der Waals surface area contributed by atoms with Crippen LogP contribution in [0.25, 0.3) is 0 Å². The summed E-state index contributed by atoms with van der Waals surface area (Å²) in [6, 6.07) is 5.80. The van der Waals surface area contributed by atoms with Crippen molar-refractivity contribution in [3.8, 4) is 5.75 Å². The smallest absolute Gasteiger partial charge is 0.410 e. The van der Waals surface area contributed by atoms with Gasteiger partial charge in [-0.25, -0.2) is 9.59 Å². The highest BCUT2D eigenvalue weighted by Crippen LogP contribution is 2.49. The van der Waals surface area contributed by atoms with Crippen molar-refractivity contribution in [3.05, 3.63) is 29.3 Å². The van der Waals surface area contributed by atoms with Crippen molar-refractivity contribution in [1.29, 1.82) is 0 Å². The number of carbonyl (C=O) groups is 3. The molecule has 1 amide bonds. The Bertz CT molecular complexity index is 1100. The van der Waals surface area contributed by atoms with Gasteiger partial charge in [-0.05, 0) is 100 Å². The number of aliphatic hydroxyl groups excluding tert-OH is 1. The lowest BCUT2D eigenvalue weighted by atomic mass is 9.73. The number of carboxylic acid groups (broad SMARTS) is 1. The molecule has 248 valence electrons. The van der Waals surface area contributed by atoms with Crippen LogP contribution in [-0.2, 0) is 27.2 Å². The van der Waals surface area contributed by atoms with Crippen LogP contribution in [0.2, 0.25) is 0 Å². The van der Waals surface area contributed by atoms with Gasteiger partial charge in [-0.3, -0.25) is 9.69 Å². The number of likely N-dealkylation sites (N-methyl/N-ethyl adjacent to an activating group) is 1. The van der Waals surface area contributed by atoms with Gasteiger partial charge in [0.15, 0.2) is 12.4 Å². The average molecular weight is 635 g/mol. The third-order valence-corrected chi connectivity index (χ3v) is 9.96. The minimum atomic E-state index is -1.02. The van der Waals surface area contributed by atoms with Gasteiger partial charge >= 0.3 is 12.1 Å². The van der Waals surface area contributed by atoms with Crippen molar-refractivity contribution in [2.45, 2.75) is 109 Å². The van der Waals surface area contributed by atoms with Gasteiger partial charge < -0.3 is 25.0 Å². The number of hydrogen-bond acceptors (Lipinski definition) is 8. The van der Waals surface area contributed by atoms with Crippen molar-refractivity contribution in [2.75, 3.05) is 32.5 Å². The van der Waals surface area contributed by atoms with Crippen LogP contribution in [0.5, 0.6) is 5.75 Å². The van der Waals surface area contributed by atoms with Crippen LogP contribution in [0, 0.1) is 17.8 Å². The molecule has 3 rings (SSSR count). The fraction of sp³-hybridized carbons (Fsp3) is 0.735. The monoisotopic (exact) mass is 634 g/mol. The van der Waals surface area contributed by atoms with Crippen molar-refractivity contribution in [1.82, 2.24) is 10.2 Å². The number of nitrogens with one attached hydrogen (secondary N) is 1. The van der Waals surface area contributed by atoms with Crippen LogP contribution in [0.4, 0.5) is 4.79 Å². The Hall–Kier alpha value is -2.30. The van der Waals surface area contributed by atoms with E-state index in [-0.39, 0.29) is 35.7 Å². The Labute approximate surface area is 268 Å². The number of carbonyl (C=O) groups excluding carboxylic acids is 2. The van der Waals surface area contributed by atoms with Crippen LogP contribution in [-0.4, -0.2) is 83.2 Å². The average Bonchev–Trinajstić information content (AvgIpc) is 3.32. The Morgan fingerprint density at radius 2 is 1.91 bits per heavy atom. The number of carboxylic acids is 1. The Morgan fingerprint density at radius 1 is 1.14 bits per heavy atom. The van der Waals surface area contributed by atoms with Gasteiger partial charge in [0, 0.05) is 25.8 Å². The third kappa shape index (κ3) is 9.85. The quantitative estimate of drug-likeness (QED) is 0.119. The number of aliphatic carboxylic acids is 1. The number of rotatable bonds is 19. The molecule has 1 fully saturated rings. The standard InChI is InChI=1S/C34H54N2O7S/c1-5-6-7-11-25(37)14-15-26-27-19-23-10-8-12-29(42-22-32(39)40)28(23)20-24(27)21-30(26)43-33(41)36(4)34(2,3)31(38)13-9-16-35-17-18-44/h8,10,12,24-27,30,35,37,44H,5-7,9,11,13-22H2,1-4H3,(H,39,40)/t24-,25-,26+,27-,30+/m0/s1. The maximum absolute atomic E-state index is 13.6. The van der Waals surface area contributed by atoms with Gasteiger partial charge in [0.25, 0.3) is 0 Å². The van der Waals surface area contributed by atoms with Gasteiger partial charge in [-0.15, -0.1) is 0 Å². The third-order valence-electron chi connectivity index (χ3n) is 9.74. The van der Waals surface area contributed by atoms with E-state index in [1.165, 1.54) is 4.90 Å². The summed E-state index contributed by atoms with van der Waals surface area (Å²) in [5.41, 5.74) is 1.17. The predicted molar refractivity (Wildman–Crippen MR) is 175 cm³/mol. The molecular weight excluding hydrogens is 580 g/mol. The predicted octanol–water partition coefficient (Wildman–Crippen LogP) is 5.31. The molecule has 0 heterocycles. The molecule has 0 saturated heterocycles. The summed E-state index contributed by atoms with van der Waals surface area (Å²) in [7, 11) is 1.63. The van der Waals surface area contributed by atoms with E-state index in [4.69, 9.17) is 14.6 Å². The minimum absolute atomic E-state index is 0.0131. The minimum Gasteiger partial charge on any atom is -0.482 e. The highest BCUT2D eigenvalue weighted by Gasteiger charge is 2.48. The summed E-state index contributed by atoms with van der Waals surface area (Å²) in [6.07, 6.45) is 7.40. The van der Waals surface area contributed by atoms with Crippen molar-refractivity contribution in [2.24, 2.45) is 17.8 Å². The van der Waals surface area contributed by atoms with E-state index in [2.05, 4.69) is 30.9 Å². The first-order valence-electron chi connectivity index (χ1n) is 16.4. The van der Waals surface area contributed by atoms with Crippen LogP contribution in [0.3, 0.4) is 0 Å². The second-order valence-corrected chi connectivity index (χ2v) is 13.5. The van der Waals surface area contributed by atoms with E-state index in [1.54, 1.807) is 20.9 Å². The number of nitrogens with zero attached hydrogens (tertiary/aromatic N) is 1. The number of benzene rings is 1. The van der Waals surface area contributed by atoms with E-state index in [0.717, 1.165) is 74.9 Å². The fourth-order valence-electron chi connectivity index (χ4n) is 6.85. The fourth-order valence-corrected chi connectivity index (χ4v) is 7.01. The molecule has 0 aromatic heterocycles. The number of aliphatic hydroxyl groups is 1. The largest absolute Gasteiger partial charge is 0.482 e. The zero-order chi connectivity index (χ0) is 32.3. The van der Waals surface area contributed by atoms with E-state index < -0.39 is 24.2 Å². The van der Waals surface area contributed by atoms with E-state index >= 15 is 0 Å². The second-order valence-electron chi connectivity index (χ2n) is 13.1. The molecule has 9 nitrogen and oxygen atoms in total. The lowest BCUT2D eigenvalue weighted by Crippen LogP contribution is -2.52. The van der Waals surface area contributed by atoms with Crippen molar-refractivity contribution in [3.63, 3.8) is 0 Å². The van der Waals surface area contributed by atoms with Crippen molar-refractivity contribution < 1.29 is 34.1 Å². The SMILES string of the molecule is CCCCC[C@H](O)CC[C@@H]1[C@H]2Cc3cccc(OCC(=O)O)c3C[C@H]2C[C@H]1OC(=O)N(C)C(C)(C)C(=O)CCCNCCS. The van der Waals surface area contributed by atoms with Gasteiger partial charge in [0.2, 0.25) is 0 Å². The summed E-state index contributed by atoms with van der Waals surface area (Å²) >= 11 is 4.19. The van der Waals surface area contributed by atoms with Gasteiger partial charge in [-0.2, -0.15) is 12.6 Å². The Balaban J connectivity index is 1.73. The molecule has 1 aromatic rings. The van der Waals surface area contributed by atoms with E-state index in [9.17, 15) is 19.5 Å². The number of ether oxygens (including phenoxy) is 2. The summed E-state index contributed by atoms with van der Waals surface area (Å²) < 4.78 is 11.9. The number of thiol groups is 1. The molecule has 10 heteroatoms. The molecular formula is C34H54N2O7S. The van der Waals surface area contributed by atoms with Crippen LogP contribution in [0.15, 0.2) is 18.2 Å². The molecule has 0 bridgehead atoms. The highest BCUT2D eigenvalue weighted by molar-refractivity contribution is 7.80. The van der Waals surface area contributed by atoms with Gasteiger partial charge in [-0.1, -0.05) is 38.3 Å². The van der Waals surface area contributed by atoms with E-state index in [0.29, 0.717) is 31.4 Å². The Kier molecular flexibility index (Phi) is 14.3. The summed E-state index contributed by atoms with van der Waals surface area (Å²) in [6.45, 7) is 6.80. The lowest BCUT2D eigenvalue weighted by Gasteiger charge is -2.35. The zero-order valence-corrected chi connectivity index (χ0v) is 27.9. The first kappa shape index (κ1) is 36.2. The number of ketones is 1. The van der Waals surface area contributed by atoms with Crippen LogP contribution < -0.4 is 10.1 Å². The summed E-state index contributed by atoms with van der Waals surface area (Å²) in [4.78, 5) is 39.3. The lowest BCUT2D eigenvalue weighted by molar-refractivity contribution is -0.139. The van der Waals surface area contributed by atoms with Crippen LogP contribution >= 0.6 is 12.6 Å². The molecule has 3 N–H and O–H groups in total. The molecule has 1 aromatic carbocycles. The molecule has 2 aliphatic rings. The number of hydrogen-bond donors (Lipinski definition) is 4. The molecule has 2 aliphatic carbocycles. The van der Waals surface area contributed by atoms with Crippen LogP contribution in [0.1, 0.15) is 89.7 Å². The van der Waals surface area contributed by atoms with Crippen molar-refractivity contribution >= 4 is 30.5 Å². The maximum Gasteiger partial charge on any atom is 0.410 e. The van der Waals surface area contributed by atoms with E-state index in [1.807, 2.05) is 12.1 Å². The first-order valence-corrected chi connectivity index (χ1v) is 17.1. The topological polar surface area (TPSA) is 125 Å². The molecule has 5 atom stereocenters. The maximum atomic E-state index is 13.6. The first-order chi connectivity index (χ1) is 21.0. The van der Waals surface area contributed by atoms with Gasteiger partial charge in [0.05, 0.1) is 11.6 Å². The zero-order valence-electron chi connectivity index (χ0n) is 27.1. The normalized spacial score (nSPS) is 21.7. The number of unbranched alkanes of at least 4 members (excludes halogenated alkanes) is 2. The highest BCUT2D eigenvalue weighted by atomic mass is 32.1. The molecule has 0 aliphatic heterocycles. The summed E-state index contributed by atoms with van der Waals surface area (Å²) in [5, 5.41) is 23.1. The molecule has 44 heavy (non-hydrogen) atoms. The second kappa shape index (κ2) is 17.4. The molecule has 0 radical (unpaired) electrons. The summed E-state index contributed by atoms with van der Waals surface area (Å²) in [5.74, 6) is 0.892. The van der Waals surface area contributed by atoms with Gasteiger partial charge in [0.1, 0.15) is 11.9 Å². The number of Topliss-reactive ketones (excluding diaryl/α,β-unsaturated/α-hetero) is 1. The number of amides is 1. The molecule has 0 unspecified atom stereocenters. The molecule has 1 saturated carbocycles. The molecule has 0 spiro atoms.